The maximum absolute atomic E-state index is 13.4. The second kappa shape index (κ2) is 8.39. The van der Waals surface area contributed by atoms with Crippen LogP contribution in [0.5, 0.6) is 5.75 Å². The van der Waals surface area contributed by atoms with E-state index in [0.717, 1.165) is 22.2 Å². The van der Waals surface area contributed by atoms with Crippen molar-refractivity contribution in [1.29, 1.82) is 0 Å². The summed E-state index contributed by atoms with van der Waals surface area (Å²) in [7, 11) is 1.61. The largest absolute Gasteiger partial charge is 0.494 e. The summed E-state index contributed by atoms with van der Waals surface area (Å²) in [5.41, 5.74) is 2.86. The first kappa shape index (κ1) is 19.2. The SMILES string of the molecule is CCSc1nc2c(OC)cccc2c(C)c1C(=O)NCc1cccc(F)c1. The number of amides is 1. The minimum atomic E-state index is -0.320. The van der Waals surface area contributed by atoms with Crippen LogP contribution >= 0.6 is 11.8 Å². The number of carbonyl (C=O) groups is 1. The Morgan fingerprint density at radius 2 is 2.04 bits per heavy atom. The van der Waals surface area contributed by atoms with Gasteiger partial charge in [-0.05, 0) is 42.0 Å². The normalized spacial score (nSPS) is 10.8. The molecule has 3 rings (SSSR count). The number of fused-ring (bicyclic) bond motifs is 1. The lowest BCUT2D eigenvalue weighted by molar-refractivity contribution is 0.0946. The van der Waals surface area contributed by atoms with Gasteiger partial charge in [-0.15, -0.1) is 11.8 Å². The molecule has 3 aromatic rings. The number of carbonyl (C=O) groups excluding carboxylic acids is 1. The number of aromatic nitrogens is 1. The third-order valence-corrected chi connectivity index (χ3v) is 5.13. The second-order valence-corrected chi connectivity index (χ2v) is 7.27. The van der Waals surface area contributed by atoms with Gasteiger partial charge in [0.25, 0.3) is 5.91 Å². The van der Waals surface area contributed by atoms with E-state index in [2.05, 4.69) is 5.32 Å². The number of halogens is 1. The van der Waals surface area contributed by atoms with Gasteiger partial charge in [-0.2, -0.15) is 0 Å². The Kier molecular flexibility index (Phi) is 5.96. The molecule has 140 valence electrons. The summed E-state index contributed by atoms with van der Waals surface area (Å²) in [5.74, 6) is 0.932. The van der Waals surface area contributed by atoms with E-state index < -0.39 is 0 Å². The van der Waals surface area contributed by atoms with Crippen LogP contribution in [0, 0.1) is 12.7 Å². The van der Waals surface area contributed by atoms with Crippen LogP contribution in [0.25, 0.3) is 10.9 Å². The maximum atomic E-state index is 13.4. The Morgan fingerprint density at radius 1 is 1.26 bits per heavy atom. The molecule has 1 amide bonds. The molecule has 0 aliphatic carbocycles. The highest BCUT2D eigenvalue weighted by Gasteiger charge is 2.20. The molecule has 0 spiro atoms. The molecule has 0 fully saturated rings. The molecule has 0 unspecified atom stereocenters. The van der Waals surface area contributed by atoms with Gasteiger partial charge in [0.15, 0.2) is 0 Å². The number of benzene rings is 2. The topological polar surface area (TPSA) is 51.2 Å². The Balaban J connectivity index is 1.99. The minimum absolute atomic E-state index is 0.218. The van der Waals surface area contributed by atoms with Crippen molar-refractivity contribution in [2.45, 2.75) is 25.4 Å². The molecule has 0 saturated carbocycles. The number of para-hydroxylation sites is 1. The van der Waals surface area contributed by atoms with Crippen LogP contribution in [0.15, 0.2) is 47.5 Å². The lowest BCUT2D eigenvalue weighted by atomic mass is 10.0. The molecule has 27 heavy (non-hydrogen) atoms. The zero-order valence-corrected chi connectivity index (χ0v) is 16.3. The number of nitrogens with one attached hydrogen (secondary N) is 1. The van der Waals surface area contributed by atoms with Gasteiger partial charge in [0, 0.05) is 11.9 Å². The van der Waals surface area contributed by atoms with Crippen molar-refractivity contribution in [3.05, 3.63) is 65.0 Å². The van der Waals surface area contributed by atoms with Crippen LogP contribution < -0.4 is 10.1 Å². The van der Waals surface area contributed by atoms with E-state index in [1.54, 1.807) is 19.2 Å². The molecule has 0 aliphatic heterocycles. The average Bonchev–Trinajstić information content (AvgIpc) is 2.66. The van der Waals surface area contributed by atoms with Gasteiger partial charge in [0.1, 0.15) is 22.1 Å². The molecule has 0 bridgehead atoms. The minimum Gasteiger partial charge on any atom is -0.494 e. The fourth-order valence-corrected chi connectivity index (χ4v) is 3.80. The van der Waals surface area contributed by atoms with Gasteiger partial charge < -0.3 is 10.1 Å². The highest BCUT2D eigenvalue weighted by molar-refractivity contribution is 7.99. The molecule has 0 aliphatic rings. The first-order chi connectivity index (χ1) is 13.0. The van der Waals surface area contributed by atoms with Crippen molar-refractivity contribution in [3.63, 3.8) is 0 Å². The smallest absolute Gasteiger partial charge is 0.254 e. The van der Waals surface area contributed by atoms with Crippen molar-refractivity contribution in [3.8, 4) is 5.75 Å². The number of ether oxygens (including phenoxy) is 1. The highest BCUT2D eigenvalue weighted by Crippen LogP contribution is 2.33. The van der Waals surface area contributed by atoms with Gasteiger partial charge in [-0.25, -0.2) is 9.37 Å². The van der Waals surface area contributed by atoms with Gasteiger partial charge in [0.05, 0.1) is 12.7 Å². The molecular weight excluding hydrogens is 363 g/mol. The molecule has 4 nitrogen and oxygen atoms in total. The van der Waals surface area contributed by atoms with Crippen molar-refractivity contribution in [2.24, 2.45) is 0 Å². The number of rotatable bonds is 6. The van der Waals surface area contributed by atoms with Crippen LogP contribution in [0.2, 0.25) is 0 Å². The summed E-state index contributed by atoms with van der Waals surface area (Å²) in [4.78, 5) is 17.6. The number of thioether (sulfide) groups is 1. The fourth-order valence-electron chi connectivity index (χ4n) is 2.98. The van der Waals surface area contributed by atoms with E-state index >= 15 is 0 Å². The third-order valence-electron chi connectivity index (χ3n) is 4.28. The van der Waals surface area contributed by atoms with Crippen LogP contribution in [0.3, 0.4) is 0 Å². The zero-order valence-electron chi connectivity index (χ0n) is 15.5. The standard InChI is InChI=1S/C21H21FN2O2S/c1-4-27-21-18(20(25)23-12-14-7-5-8-15(22)11-14)13(2)16-9-6-10-17(26-3)19(16)24-21/h5-11H,4,12H2,1-3H3,(H,23,25). The zero-order chi connectivity index (χ0) is 19.4. The average molecular weight is 384 g/mol. The molecular formula is C21H21FN2O2S. The summed E-state index contributed by atoms with van der Waals surface area (Å²) in [5, 5.41) is 4.44. The molecule has 1 heterocycles. The second-order valence-electron chi connectivity index (χ2n) is 6.02. The van der Waals surface area contributed by atoms with Crippen LogP contribution in [0.4, 0.5) is 4.39 Å². The van der Waals surface area contributed by atoms with Crippen molar-refractivity contribution >= 4 is 28.6 Å². The first-order valence-corrected chi connectivity index (χ1v) is 9.66. The summed E-state index contributed by atoms with van der Waals surface area (Å²) in [6.07, 6.45) is 0. The lowest BCUT2D eigenvalue weighted by Gasteiger charge is -2.15. The van der Waals surface area contributed by atoms with E-state index in [1.165, 1.54) is 23.9 Å². The molecule has 2 aromatic carbocycles. The molecule has 0 saturated heterocycles. The summed E-state index contributed by atoms with van der Waals surface area (Å²) < 4.78 is 18.8. The number of nitrogens with zero attached hydrogens (tertiary/aromatic N) is 1. The first-order valence-electron chi connectivity index (χ1n) is 8.68. The number of methoxy groups -OCH3 is 1. The van der Waals surface area contributed by atoms with Crippen molar-refractivity contribution in [2.75, 3.05) is 12.9 Å². The fraction of sp³-hybridized carbons (Fsp3) is 0.238. The Labute approximate surface area is 162 Å². The van der Waals surface area contributed by atoms with Crippen LogP contribution in [0.1, 0.15) is 28.4 Å². The maximum Gasteiger partial charge on any atom is 0.254 e. The quantitative estimate of drug-likeness (QED) is 0.624. The van der Waals surface area contributed by atoms with E-state index in [9.17, 15) is 9.18 Å². The number of pyridine rings is 1. The molecule has 0 atom stereocenters. The summed E-state index contributed by atoms with van der Waals surface area (Å²) in [6, 6.07) is 11.9. The van der Waals surface area contributed by atoms with Gasteiger partial charge in [-0.3, -0.25) is 4.79 Å². The highest BCUT2D eigenvalue weighted by atomic mass is 32.2. The van der Waals surface area contributed by atoms with Gasteiger partial charge >= 0.3 is 0 Å². The van der Waals surface area contributed by atoms with E-state index in [0.29, 0.717) is 21.9 Å². The Bertz CT molecular complexity index is 991. The summed E-state index contributed by atoms with van der Waals surface area (Å²) >= 11 is 1.52. The monoisotopic (exact) mass is 384 g/mol. The Morgan fingerprint density at radius 3 is 2.74 bits per heavy atom. The third kappa shape index (κ3) is 4.06. The molecule has 1 aromatic heterocycles. The summed E-state index contributed by atoms with van der Waals surface area (Å²) in [6.45, 7) is 4.19. The van der Waals surface area contributed by atoms with Crippen molar-refractivity contribution in [1.82, 2.24) is 10.3 Å². The van der Waals surface area contributed by atoms with Crippen LogP contribution in [-0.2, 0) is 6.54 Å². The van der Waals surface area contributed by atoms with Gasteiger partial charge in [0.2, 0.25) is 0 Å². The molecule has 1 N–H and O–H groups in total. The van der Waals surface area contributed by atoms with Gasteiger partial charge in [-0.1, -0.05) is 31.2 Å². The van der Waals surface area contributed by atoms with E-state index in [-0.39, 0.29) is 18.3 Å². The molecule has 0 radical (unpaired) electrons. The van der Waals surface area contributed by atoms with E-state index in [4.69, 9.17) is 9.72 Å². The van der Waals surface area contributed by atoms with E-state index in [1.807, 2.05) is 32.0 Å². The molecule has 6 heteroatoms. The van der Waals surface area contributed by atoms with Crippen molar-refractivity contribution < 1.29 is 13.9 Å². The number of hydrogen-bond acceptors (Lipinski definition) is 4. The lowest BCUT2D eigenvalue weighted by Crippen LogP contribution is -2.25. The predicted molar refractivity (Wildman–Crippen MR) is 107 cm³/mol. The number of hydrogen-bond donors (Lipinski definition) is 1. The van der Waals surface area contributed by atoms with Crippen LogP contribution in [-0.4, -0.2) is 23.8 Å². The predicted octanol–water partition coefficient (Wildman–Crippen LogP) is 4.73. The number of aryl methyl sites for hydroxylation is 1. The Hall–Kier alpha value is -2.60.